The standard InChI is InChI=1S/C23H22F4N4O3/c1-21(33)12-34-7-6-22(21,17-5-4-15(8-18(17)24)23(25,26)27)30-20(32)16-10-29-31-11-14(13-2-3-13)9-28-19(16)31/h4-5,8-11,13,33H,2-3,6-7,12H2,1H3,(H,30,32)/t21-,22+/m0/s1. The van der Waals surface area contributed by atoms with Crippen LogP contribution in [0.3, 0.4) is 0 Å². The number of ether oxygens (including phenoxy) is 1. The van der Waals surface area contributed by atoms with Crippen molar-refractivity contribution < 1.29 is 32.2 Å². The van der Waals surface area contributed by atoms with E-state index in [4.69, 9.17) is 4.74 Å². The van der Waals surface area contributed by atoms with Gasteiger partial charge in [-0.25, -0.2) is 13.9 Å². The number of carbonyl (C=O) groups excluding carboxylic acids is 1. The third kappa shape index (κ3) is 3.72. The molecule has 2 aliphatic rings. The SMILES string of the molecule is C[C@]1(O)COCC[C@@]1(NC(=O)c1cnn2cc(C3CC3)cnc12)c1ccc(C(F)(F)F)cc1F. The summed E-state index contributed by atoms with van der Waals surface area (Å²) in [6.07, 6.45) is 2.14. The molecule has 34 heavy (non-hydrogen) atoms. The number of benzene rings is 1. The van der Waals surface area contributed by atoms with Crippen LogP contribution < -0.4 is 5.32 Å². The highest BCUT2D eigenvalue weighted by atomic mass is 19.4. The molecule has 2 fully saturated rings. The van der Waals surface area contributed by atoms with Gasteiger partial charge in [0, 0.05) is 31.0 Å². The Morgan fingerprint density at radius 1 is 1.29 bits per heavy atom. The van der Waals surface area contributed by atoms with E-state index in [2.05, 4.69) is 15.4 Å². The van der Waals surface area contributed by atoms with E-state index < -0.39 is 34.6 Å². The van der Waals surface area contributed by atoms with Crippen LogP contribution in [-0.2, 0) is 16.5 Å². The van der Waals surface area contributed by atoms with Crippen molar-refractivity contribution in [2.24, 2.45) is 0 Å². The van der Waals surface area contributed by atoms with Gasteiger partial charge in [-0.2, -0.15) is 18.3 Å². The summed E-state index contributed by atoms with van der Waals surface area (Å²) in [5.41, 5.74) is -3.62. The first kappa shape index (κ1) is 22.7. The predicted octanol–water partition coefficient (Wildman–Crippen LogP) is 3.56. The van der Waals surface area contributed by atoms with Crippen LogP contribution in [0.4, 0.5) is 17.6 Å². The molecule has 1 amide bonds. The number of rotatable bonds is 4. The van der Waals surface area contributed by atoms with Crippen LogP contribution >= 0.6 is 0 Å². The van der Waals surface area contributed by atoms with E-state index in [1.54, 1.807) is 12.4 Å². The van der Waals surface area contributed by atoms with Crippen molar-refractivity contribution in [3.05, 3.63) is 64.9 Å². The quantitative estimate of drug-likeness (QED) is 0.560. The van der Waals surface area contributed by atoms with Gasteiger partial charge in [-0.1, -0.05) is 6.07 Å². The number of aliphatic hydroxyl groups is 1. The van der Waals surface area contributed by atoms with Crippen LogP contribution in [0.1, 0.15) is 59.2 Å². The molecular weight excluding hydrogens is 456 g/mol. The number of carbonyl (C=O) groups is 1. The second-order valence-electron chi connectivity index (χ2n) is 9.12. The maximum absolute atomic E-state index is 15.1. The Morgan fingerprint density at radius 3 is 2.71 bits per heavy atom. The highest BCUT2D eigenvalue weighted by Gasteiger charge is 2.53. The molecule has 1 saturated carbocycles. The molecule has 2 aromatic heterocycles. The number of nitrogens with one attached hydrogen (secondary N) is 1. The van der Waals surface area contributed by atoms with E-state index in [9.17, 15) is 23.1 Å². The Hall–Kier alpha value is -3.05. The first-order chi connectivity index (χ1) is 16.0. The van der Waals surface area contributed by atoms with E-state index in [1.165, 1.54) is 17.6 Å². The van der Waals surface area contributed by atoms with Gasteiger partial charge >= 0.3 is 6.18 Å². The molecule has 3 aromatic rings. The lowest BCUT2D eigenvalue weighted by atomic mass is 9.71. The molecule has 2 atom stereocenters. The van der Waals surface area contributed by atoms with Crippen LogP contribution in [0.15, 0.2) is 36.8 Å². The van der Waals surface area contributed by atoms with Gasteiger partial charge in [-0.05, 0) is 43.4 Å². The van der Waals surface area contributed by atoms with E-state index in [-0.39, 0.29) is 36.4 Å². The molecule has 2 N–H and O–H groups in total. The molecule has 0 spiro atoms. The highest BCUT2D eigenvalue weighted by molar-refractivity contribution is 6.00. The van der Waals surface area contributed by atoms with Gasteiger partial charge in [0.2, 0.25) is 0 Å². The Bertz CT molecular complexity index is 1270. The molecule has 5 rings (SSSR count). The lowest BCUT2D eigenvalue weighted by molar-refractivity contribution is -0.140. The third-order valence-electron chi connectivity index (χ3n) is 6.68. The second-order valence-corrected chi connectivity index (χ2v) is 9.12. The summed E-state index contributed by atoms with van der Waals surface area (Å²) in [4.78, 5) is 17.7. The molecule has 1 aliphatic heterocycles. The van der Waals surface area contributed by atoms with Crippen molar-refractivity contribution >= 4 is 11.6 Å². The first-order valence-electron chi connectivity index (χ1n) is 10.8. The monoisotopic (exact) mass is 478 g/mol. The molecule has 0 bridgehead atoms. The Labute approximate surface area is 191 Å². The number of hydrogen-bond donors (Lipinski definition) is 2. The molecule has 11 heteroatoms. The Morgan fingerprint density at radius 2 is 2.06 bits per heavy atom. The smallest absolute Gasteiger partial charge is 0.385 e. The Kier molecular flexibility index (Phi) is 5.17. The van der Waals surface area contributed by atoms with Crippen molar-refractivity contribution in [1.82, 2.24) is 19.9 Å². The summed E-state index contributed by atoms with van der Waals surface area (Å²) in [7, 11) is 0. The van der Waals surface area contributed by atoms with Crippen molar-refractivity contribution in [3.63, 3.8) is 0 Å². The lowest BCUT2D eigenvalue weighted by Gasteiger charge is -2.49. The molecule has 0 unspecified atom stereocenters. The number of halogens is 4. The number of alkyl halides is 3. The summed E-state index contributed by atoms with van der Waals surface area (Å²) in [5, 5.41) is 18.1. The van der Waals surface area contributed by atoms with E-state index in [1.807, 2.05) is 0 Å². The maximum atomic E-state index is 15.1. The van der Waals surface area contributed by atoms with Gasteiger partial charge in [0.1, 0.15) is 22.5 Å². The largest absolute Gasteiger partial charge is 0.416 e. The van der Waals surface area contributed by atoms with Gasteiger partial charge in [0.25, 0.3) is 5.91 Å². The number of amides is 1. The maximum Gasteiger partial charge on any atom is 0.416 e. The molecule has 7 nitrogen and oxygen atoms in total. The summed E-state index contributed by atoms with van der Waals surface area (Å²) in [6, 6.07) is 2.05. The third-order valence-corrected chi connectivity index (χ3v) is 6.68. The average Bonchev–Trinajstić information content (AvgIpc) is 3.53. The van der Waals surface area contributed by atoms with Crippen LogP contribution in [0.5, 0.6) is 0 Å². The van der Waals surface area contributed by atoms with E-state index in [0.29, 0.717) is 12.0 Å². The normalized spacial score (nSPS) is 25.5. The minimum Gasteiger partial charge on any atom is -0.385 e. The van der Waals surface area contributed by atoms with Crippen molar-refractivity contribution in [2.75, 3.05) is 13.2 Å². The zero-order chi connectivity index (χ0) is 24.3. The number of aromatic nitrogens is 3. The number of fused-ring (bicyclic) bond motifs is 1. The average molecular weight is 478 g/mol. The fourth-order valence-electron chi connectivity index (χ4n) is 4.55. The summed E-state index contributed by atoms with van der Waals surface area (Å²) < 4.78 is 61.2. The highest BCUT2D eigenvalue weighted by Crippen LogP contribution is 2.43. The van der Waals surface area contributed by atoms with Gasteiger partial charge in [-0.15, -0.1) is 0 Å². The Balaban J connectivity index is 1.55. The van der Waals surface area contributed by atoms with Crippen molar-refractivity contribution in [3.8, 4) is 0 Å². The topological polar surface area (TPSA) is 88.8 Å². The minimum absolute atomic E-state index is 0.0502. The number of hydrogen-bond acceptors (Lipinski definition) is 5. The van der Waals surface area contributed by atoms with Crippen LogP contribution in [-0.4, -0.2) is 44.4 Å². The first-order valence-corrected chi connectivity index (χ1v) is 10.8. The molecular formula is C23H22F4N4O3. The molecule has 1 aliphatic carbocycles. The van der Waals surface area contributed by atoms with Gasteiger partial charge in [0.15, 0.2) is 5.65 Å². The minimum atomic E-state index is -4.74. The second kappa shape index (κ2) is 7.74. The molecule has 180 valence electrons. The fourth-order valence-corrected chi connectivity index (χ4v) is 4.55. The molecule has 3 heterocycles. The molecule has 0 radical (unpaired) electrons. The van der Waals surface area contributed by atoms with Gasteiger partial charge in [-0.3, -0.25) is 4.79 Å². The van der Waals surface area contributed by atoms with Gasteiger partial charge < -0.3 is 15.2 Å². The van der Waals surface area contributed by atoms with Gasteiger partial charge in [0.05, 0.1) is 18.4 Å². The summed E-state index contributed by atoms with van der Waals surface area (Å²) in [5.74, 6) is -1.45. The zero-order valence-electron chi connectivity index (χ0n) is 18.2. The lowest BCUT2D eigenvalue weighted by Crippen LogP contribution is -2.65. The molecule has 1 saturated heterocycles. The molecule has 1 aromatic carbocycles. The van der Waals surface area contributed by atoms with Crippen LogP contribution in [0.25, 0.3) is 5.65 Å². The zero-order valence-corrected chi connectivity index (χ0v) is 18.2. The van der Waals surface area contributed by atoms with Crippen molar-refractivity contribution in [1.29, 1.82) is 0 Å². The summed E-state index contributed by atoms with van der Waals surface area (Å²) >= 11 is 0. The van der Waals surface area contributed by atoms with Crippen molar-refractivity contribution in [2.45, 2.75) is 49.4 Å². The summed E-state index contributed by atoms with van der Waals surface area (Å²) in [6.45, 7) is 1.14. The van der Waals surface area contributed by atoms with E-state index in [0.717, 1.165) is 30.5 Å². The van der Waals surface area contributed by atoms with Crippen LogP contribution in [0.2, 0.25) is 0 Å². The number of nitrogens with zero attached hydrogens (tertiary/aromatic N) is 3. The van der Waals surface area contributed by atoms with Crippen LogP contribution in [0, 0.1) is 5.82 Å². The predicted molar refractivity (Wildman–Crippen MR) is 112 cm³/mol. The fraction of sp³-hybridized carbons (Fsp3) is 0.435. The van der Waals surface area contributed by atoms with E-state index >= 15 is 4.39 Å².